The van der Waals surface area contributed by atoms with Gasteiger partial charge in [-0.25, -0.2) is 16.8 Å². The molecule has 2 fully saturated rings. The van der Waals surface area contributed by atoms with Crippen LogP contribution in [0.1, 0.15) is 26.7 Å². The van der Waals surface area contributed by atoms with E-state index >= 15 is 0 Å². The van der Waals surface area contributed by atoms with Crippen molar-refractivity contribution < 1.29 is 21.6 Å². The summed E-state index contributed by atoms with van der Waals surface area (Å²) in [4.78, 5) is 2.24. The Bertz CT molecular complexity index is 825. The summed E-state index contributed by atoms with van der Waals surface area (Å²) in [6, 6.07) is 5.82. The fraction of sp³-hybridized carbons (Fsp3) is 0.667. The molecule has 2 saturated heterocycles. The number of likely N-dealkylation sites (tertiary alicyclic amines) is 1. The van der Waals surface area contributed by atoms with Gasteiger partial charge in [0.1, 0.15) is 5.75 Å². The van der Waals surface area contributed by atoms with Crippen molar-refractivity contribution in [3.8, 4) is 5.75 Å². The second-order valence-corrected chi connectivity index (χ2v) is 11.7. The van der Waals surface area contributed by atoms with Gasteiger partial charge < -0.3 is 4.74 Å². The van der Waals surface area contributed by atoms with Crippen LogP contribution in [0.3, 0.4) is 0 Å². The van der Waals surface area contributed by atoms with E-state index in [0.717, 1.165) is 25.9 Å². The Hall–Kier alpha value is -1.12. The van der Waals surface area contributed by atoms with Crippen molar-refractivity contribution in [3.63, 3.8) is 0 Å². The molecular weight excluding hydrogens is 374 g/mol. The molecule has 3 rings (SSSR count). The smallest absolute Gasteiger partial charge is 0.183 e. The Morgan fingerprint density at radius 3 is 2.31 bits per heavy atom. The molecule has 2 aliphatic heterocycles. The first-order chi connectivity index (χ1) is 12.2. The highest BCUT2D eigenvalue weighted by molar-refractivity contribution is 7.96. The van der Waals surface area contributed by atoms with Gasteiger partial charge >= 0.3 is 0 Å². The van der Waals surface area contributed by atoms with Crippen LogP contribution in [0.15, 0.2) is 29.2 Å². The second kappa shape index (κ2) is 7.48. The van der Waals surface area contributed by atoms with Gasteiger partial charge in [-0.2, -0.15) is 0 Å². The molecule has 1 aromatic rings. The molecule has 26 heavy (non-hydrogen) atoms. The fourth-order valence-electron chi connectivity index (χ4n) is 3.86. The van der Waals surface area contributed by atoms with Crippen molar-refractivity contribution >= 4 is 19.7 Å². The van der Waals surface area contributed by atoms with Crippen LogP contribution in [0.2, 0.25) is 0 Å². The van der Waals surface area contributed by atoms with Crippen LogP contribution in [-0.2, 0) is 19.7 Å². The first-order valence-electron chi connectivity index (χ1n) is 9.14. The summed E-state index contributed by atoms with van der Waals surface area (Å²) in [6.45, 7) is 6.06. The Kier molecular flexibility index (Phi) is 5.65. The molecule has 0 N–H and O–H groups in total. The molecule has 6 nitrogen and oxygen atoms in total. The molecule has 0 saturated carbocycles. The summed E-state index contributed by atoms with van der Waals surface area (Å²) >= 11 is 0. The number of sulfone groups is 2. The quantitative estimate of drug-likeness (QED) is 0.748. The summed E-state index contributed by atoms with van der Waals surface area (Å²) in [7, 11) is -7.09. The molecule has 0 radical (unpaired) electrons. The van der Waals surface area contributed by atoms with E-state index in [2.05, 4.69) is 11.8 Å². The minimum atomic E-state index is -3.73. The minimum absolute atomic E-state index is 0.0672. The predicted octanol–water partition coefficient (Wildman–Crippen LogP) is 1.76. The highest BCUT2D eigenvalue weighted by Gasteiger charge is 2.48. The van der Waals surface area contributed by atoms with Crippen molar-refractivity contribution in [1.82, 2.24) is 4.90 Å². The first kappa shape index (κ1) is 19.6. The lowest BCUT2D eigenvalue weighted by Crippen LogP contribution is -2.49. The number of piperidine rings is 1. The molecule has 0 spiro atoms. The Balaban J connectivity index is 1.88. The molecule has 0 unspecified atom stereocenters. The predicted molar refractivity (Wildman–Crippen MR) is 101 cm³/mol. The third kappa shape index (κ3) is 4.07. The van der Waals surface area contributed by atoms with Gasteiger partial charge in [-0.15, -0.1) is 0 Å². The van der Waals surface area contributed by atoms with Gasteiger partial charge in [0.15, 0.2) is 19.7 Å². The lowest BCUT2D eigenvalue weighted by Gasteiger charge is -2.36. The monoisotopic (exact) mass is 401 g/mol. The molecule has 2 heterocycles. The lowest BCUT2D eigenvalue weighted by atomic mass is 9.98. The molecule has 8 heteroatoms. The van der Waals surface area contributed by atoms with Crippen molar-refractivity contribution in [2.24, 2.45) is 5.92 Å². The summed E-state index contributed by atoms with van der Waals surface area (Å²) in [5, 5.41) is -0.904. The molecule has 0 bridgehead atoms. The van der Waals surface area contributed by atoms with E-state index in [1.54, 1.807) is 12.1 Å². The number of benzene rings is 1. The van der Waals surface area contributed by atoms with Crippen LogP contribution in [0.25, 0.3) is 0 Å². The van der Waals surface area contributed by atoms with Gasteiger partial charge in [-0.05, 0) is 63.0 Å². The van der Waals surface area contributed by atoms with Crippen molar-refractivity contribution in [1.29, 1.82) is 0 Å². The Morgan fingerprint density at radius 2 is 1.73 bits per heavy atom. The van der Waals surface area contributed by atoms with Crippen LogP contribution in [0.4, 0.5) is 0 Å². The van der Waals surface area contributed by atoms with Gasteiger partial charge in [0, 0.05) is 6.04 Å². The van der Waals surface area contributed by atoms with Crippen LogP contribution < -0.4 is 4.74 Å². The Labute approximate surface area is 156 Å². The zero-order valence-corrected chi connectivity index (χ0v) is 16.9. The average molecular weight is 402 g/mol. The summed E-state index contributed by atoms with van der Waals surface area (Å²) in [5.41, 5.74) is 0. The van der Waals surface area contributed by atoms with E-state index in [9.17, 15) is 16.8 Å². The average Bonchev–Trinajstić information content (AvgIpc) is 2.93. The summed E-state index contributed by atoms with van der Waals surface area (Å²) < 4.78 is 56.2. The van der Waals surface area contributed by atoms with Gasteiger partial charge in [-0.1, -0.05) is 6.92 Å². The number of hydrogen-bond acceptors (Lipinski definition) is 6. The van der Waals surface area contributed by atoms with Crippen molar-refractivity contribution in [3.05, 3.63) is 24.3 Å². The topological polar surface area (TPSA) is 80.8 Å². The largest absolute Gasteiger partial charge is 0.494 e. The molecule has 0 aromatic heterocycles. The molecule has 146 valence electrons. The van der Waals surface area contributed by atoms with Crippen LogP contribution in [-0.4, -0.2) is 64.2 Å². The van der Waals surface area contributed by atoms with Gasteiger partial charge in [0.05, 0.1) is 28.3 Å². The molecule has 0 amide bonds. The fourth-order valence-corrected chi connectivity index (χ4v) is 8.69. The van der Waals surface area contributed by atoms with Crippen LogP contribution in [0, 0.1) is 5.92 Å². The maximum atomic E-state index is 13.2. The van der Waals surface area contributed by atoms with E-state index in [0.29, 0.717) is 18.3 Å². The molecule has 2 atom stereocenters. The second-order valence-electron chi connectivity index (χ2n) is 7.35. The van der Waals surface area contributed by atoms with E-state index in [1.165, 1.54) is 12.1 Å². The minimum Gasteiger partial charge on any atom is -0.494 e. The van der Waals surface area contributed by atoms with Crippen molar-refractivity contribution in [2.75, 3.05) is 31.2 Å². The maximum Gasteiger partial charge on any atom is 0.183 e. The first-order valence-corrected chi connectivity index (χ1v) is 12.5. The van der Waals surface area contributed by atoms with Gasteiger partial charge in [0.2, 0.25) is 0 Å². The zero-order chi connectivity index (χ0) is 18.9. The SMILES string of the molecule is CCOc1ccc(S(=O)(=O)[C@H]2CS(=O)(=O)C[C@@H]2N2CCC(C)CC2)cc1. The lowest BCUT2D eigenvalue weighted by molar-refractivity contribution is 0.151. The zero-order valence-electron chi connectivity index (χ0n) is 15.3. The number of ether oxygens (including phenoxy) is 1. The standard InChI is InChI=1S/C18H27NO5S2/c1-3-24-15-4-6-16(7-5-15)26(22,23)18-13-25(20,21)12-17(18)19-10-8-14(2)9-11-19/h4-7,14,17-18H,3,8-13H2,1-2H3/t17-,18-/m0/s1. The normalized spacial score (nSPS) is 27.5. The van der Waals surface area contributed by atoms with Gasteiger partial charge in [-0.3, -0.25) is 4.90 Å². The highest BCUT2D eigenvalue weighted by Crippen LogP contribution is 2.32. The maximum absolute atomic E-state index is 13.2. The van der Waals surface area contributed by atoms with E-state index in [4.69, 9.17) is 4.74 Å². The van der Waals surface area contributed by atoms with Crippen LogP contribution >= 0.6 is 0 Å². The number of nitrogens with zero attached hydrogens (tertiary/aromatic N) is 1. The molecule has 2 aliphatic rings. The Morgan fingerprint density at radius 1 is 1.12 bits per heavy atom. The third-order valence-electron chi connectivity index (χ3n) is 5.42. The summed E-state index contributed by atoms with van der Waals surface area (Å²) in [5.74, 6) is 0.846. The molecule has 0 aliphatic carbocycles. The van der Waals surface area contributed by atoms with E-state index in [1.807, 2.05) is 6.92 Å². The number of hydrogen-bond donors (Lipinski definition) is 0. The van der Waals surface area contributed by atoms with E-state index in [-0.39, 0.29) is 16.4 Å². The van der Waals surface area contributed by atoms with Crippen molar-refractivity contribution in [2.45, 2.75) is 42.9 Å². The van der Waals surface area contributed by atoms with Gasteiger partial charge in [0.25, 0.3) is 0 Å². The third-order valence-corrected chi connectivity index (χ3v) is 9.56. The van der Waals surface area contributed by atoms with Crippen LogP contribution in [0.5, 0.6) is 5.75 Å². The number of rotatable bonds is 5. The highest BCUT2D eigenvalue weighted by atomic mass is 32.2. The molecular formula is C18H27NO5S2. The summed E-state index contributed by atoms with van der Waals surface area (Å²) in [6.07, 6.45) is 1.96. The van der Waals surface area contributed by atoms with E-state index < -0.39 is 31.0 Å². The molecule has 1 aromatic carbocycles.